The maximum atomic E-state index is 13.0. The Morgan fingerprint density at radius 2 is 1.76 bits per heavy atom. The summed E-state index contributed by atoms with van der Waals surface area (Å²) in [5.41, 5.74) is 2.18. The van der Waals surface area contributed by atoms with Crippen molar-refractivity contribution >= 4 is 23.6 Å². The minimum atomic E-state index is -0.511. The first-order chi connectivity index (χ1) is 13.9. The van der Waals surface area contributed by atoms with Crippen molar-refractivity contribution in [1.82, 2.24) is 10.2 Å². The molecule has 0 saturated carbocycles. The third-order valence-corrected chi connectivity index (χ3v) is 5.63. The van der Waals surface area contributed by atoms with Gasteiger partial charge in [-0.3, -0.25) is 9.59 Å². The van der Waals surface area contributed by atoms with Crippen molar-refractivity contribution in [3.63, 3.8) is 0 Å². The monoisotopic (exact) mass is 412 g/mol. The van der Waals surface area contributed by atoms with E-state index in [1.165, 1.54) is 0 Å². The van der Waals surface area contributed by atoms with Crippen LogP contribution >= 0.6 is 11.8 Å². The van der Waals surface area contributed by atoms with E-state index in [1.54, 1.807) is 16.7 Å². The molecule has 0 aliphatic rings. The number of nitrogens with one attached hydrogen (secondary N) is 1. The number of hydrogen-bond donors (Lipinski definition) is 1. The molecule has 29 heavy (non-hydrogen) atoms. The Morgan fingerprint density at radius 1 is 1.03 bits per heavy atom. The Morgan fingerprint density at radius 3 is 2.41 bits per heavy atom. The van der Waals surface area contributed by atoms with E-state index < -0.39 is 6.04 Å². The van der Waals surface area contributed by atoms with E-state index in [-0.39, 0.29) is 11.8 Å². The summed E-state index contributed by atoms with van der Waals surface area (Å²) >= 11 is 1.66. The average molecular weight is 413 g/mol. The molecular weight excluding hydrogens is 380 g/mol. The third-order valence-electron chi connectivity index (χ3n) is 4.62. The van der Waals surface area contributed by atoms with Crippen LogP contribution in [0.5, 0.6) is 0 Å². The van der Waals surface area contributed by atoms with Gasteiger partial charge in [0, 0.05) is 30.2 Å². The summed E-state index contributed by atoms with van der Waals surface area (Å²) in [7, 11) is 0. The third kappa shape index (κ3) is 7.94. The number of carbonyl (C=O) groups excluding carboxylic acids is 2. The number of hydrogen-bond acceptors (Lipinski definition) is 3. The lowest BCUT2D eigenvalue weighted by molar-refractivity contribution is -0.140. The second-order valence-corrected chi connectivity index (χ2v) is 8.91. The van der Waals surface area contributed by atoms with Gasteiger partial charge in [-0.25, -0.2) is 0 Å². The second kappa shape index (κ2) is 11.7. The highest BCUT2D eigenvalue weighted by Crippen LogP contribution is 2.19. The summed E-state index contributed by atoms with van der Waals surface area (Å²) in [5, 5.41) is 2.96. The molecule has 156 valence electrons. The predicted octanol–water partition coefficient (Wildman–Crippen LogP) is 4.67. The molecule has 0 bridgehead atoms. The van der Waals surface area contributed by atoms with Gasteiger partial charge >= 0.3 is 0 Å². The highest BCUT2D eigenvalue weighted by molar-refractivity contribution is 7.99. The van der Waals surface area contributed by atoms with Crippen LogP contribution in [0.15, 0.2) is 59.5 Å². The van der Waals surface area contributed by atoms with Crippen LogP contribution in [0.3, 0.4) is 0 Å². The molecule has 5 heteroatoms. The molecule has 2 amide bonds. The Bertz CT molecular complexity index is 792. The summed E-state index contributed by atoms with van der Waals surface area (Å²) in [6.45, 7) is 9.01. The number of rotatable bonds is 10. The lowest BCUT2D eigenvalue weighted by Gasteiger charge is -2.29. The van der Waals surface area contributed by atoms with E-state index in [2.05, 4.69) is 25.2 Å². The zero-order chi connectivity index (χ0) is 21.2. The Kier molecular flexibility index (Phi) is 9.26. The van der Waals surface area contributed by atoms with Gasteiger partial charge in [-0.1, -0.05) is 61.9 Å². The van der Waals surface area contributed by atoms with E-state index in [1.807, 2.05) is 62.4 Å². The van der Waals surface area contributed by atoms with E-state index in [0.29, 0.717) is 31.2 Å². The first-order valence-electron chi connectivity index (χ1n) is 10.2. The molecule has 1 N–H and O–H groups in total. The van der Waals surface area contributed by atoms with Gasteiger partial charge in [-0.15, -0.1) is 11.8 Å². The molecule has 2 rings (SSSR count). The summed E-state index contributed by atoms with van der Waals surface area (Å²) in [6.07, 6.45) is 0.396. The standard InChI is InChI=1S/C24H32N2O2S/c1-18(2)16-25-24(28)20(4)26(17-21-10-8-9-19(3)15-21)23(27)13-14-29-22-11-6-5-7-12-22/h5-12,15,18,20H,13-14,16-17H2,1-4H3,(H,25,28)/t20-/m1/s1. The first kappa shape index (κ1) is 23.0. The van der Waals surface area contributed by atoms with Crippen LogP contribution in [0.1, 0.15) is 38.3 Å². The van der Waals surface area contributed by atoms with Crippen LogP contribution in [0.25, 0.3) is 0 Å². The smallest absolute Gasteiger partial charge is 0.242 e. The number of amides is 2. The van der Waals surface area contributed by atoms with E-state index in [9.17, 15) is 9.59 Å². The van der Waals surface area contributed by atoms with Gasteiger partial charge in [0.25, 0.3) is 0 Å². The molecule has 1 atom stereocenters. The maximum absolute atomic E-state index is 13.0. The molecule has 0 heterocycles. The minimum Gasteiger partial charge on any atom is -0.354 e. The lowest BCUT2D eigenvalue weighted by atomic mass is 10.1. The zero-order valence-electron chi connectivity index (χ0n) is 17.9. The number of nitrogens with zero attached hydrogens (tertiary/aromatic N) is 1. The number of carbonyl (C=O) groups is 2. The van der Waals surface area contributed by atoms with Crippen LogP contribution in [-0.4, -0.2) is 35.1 Å². The van der Waals surface area contributed by atoms with Crippen molar-refractivity contribution in [2.75, 3.05) is 12.3 Å². The highest BCUT2D eigenvalue weighted by Gasteiger charge is 2.25. The molecule has 0 spiro atoms. The first-order valence-corrected chi connectivity index (χ1v) is 11.2. The fourth-order valence-electron chi connectivity index (χ4n) is 2.96. The molecule has 4 nitrogen and oxygen atoms in total. The lowest BCUT2D eigenvalue weighted by Crippen LogP contribution is -2.48. The SMILES string of the molecule is Cc1cccc(CN(C(=O)CCSc2ccccc2)[C@H](C)C(=O)NCC(C)C)c1. The zero-order valence-corrected chi connectivity index (χ0v) is 18.7. The fraction of sp³-hybridized carbons (Fsp3) is 0.417. The van der Waals surface area contributed by atoms with Crippen molar-refractivity contribution in [2.45, 2.75) is 51.6 Å². The van der Waals surface area contributed by atoms with Gasteiger partial charge in [0.15, 0.2) is 0 Å². The number of benzene rings is 2. The molecule has 0 aliphatic carbocycles. The van der Waals surface area contributed by atoms with Crippen LogP contribution in [-0.2, 0) is 16.1 Å². The van der Waals surface area contributed by atoms with Crippen molar-refractivity contribution in [3.8, 4) is 0 Å². The van der Waals surface area contributed by atoms with Crippen molar-refractivity contribution < 1.29 is 9.59 Å². The number of thioether (sulfide) groups is 1. The van der Waals surface area contributed by atoms with Crippen molar-refractivity contribution in [3.05, 3.63) is 65.7 Å². The molecule has 0 radical (unpaired) electrons. The Balaban J connectivity index is 2.05. The van der Waals surface area contributed by atoms with Gasteiger partial charge < -0.3 is 10.2 Å². The quantitative estimate of drug-likeness (QED) is 0.577. The van der Waals surface area contributed by atoms with Crippen LogP contribution in [0, 0.1) is 12.8 Å². The van der Waals surface area contributed by atoms with Crippen molar-refractivity contribution in [2.24, 2.45) is 5.92 Å². The summed E-state index contributed by atoms with van der Waals surface area (Å²) in [6, 6.07) is 17.6. The minimum absolute atomic E-state index is 0.00198. The topological polar surface area (TPSA) is 49.4 Å². The molecule has 0 saturated heterocycles. The van der Waals surface area contributed by atoms with Gasteiger partial charge in [-0.2, -0.15) is 0 Å². The molecule has 0 unspecified atom stereocenters. The number of aryl methyl sites for hydroxylation is 1. The Labute approximate surface area is 179 Å². The maximum Gasteiger partial charge on any atom is 0.242 e. The van der Waals surface area contributed by atoms with E-state index in [4.69, 9.17) is 0 Å². The highest BCUT2D eigenvalue weighted by atomic mass is 32.2. The Hall–Kier alpha value is -2.27. The fourth-order valence-corrected chi connectivity index (χ4v) is 3.82. The summed E-state index contributed by atoms with van der Waals surface area (Å²) in [4.78, 5) is 28.5. The average Bonchev–Trinajstić information content (AvgIpc) is 2.70. The molecule has 0 aromatic heterocycles. The van der Waals surface area contributed by atoms with E-state index in [0.717, 1.165) is 16.0 Å². The van der Waals surface area contributed by atoms with Gasteiger partial charge in [0.2, 0.25) is 11.8 Å². The molecular formula is C24H32N2O2S. The van der Waals surface area contributed by atoms with Crippen LogP contribution < -0.4 is 5.32 Å². The molecule has 2 aromatic carbocycles. The van der Waals surface area contributed by atoms with Crippen LogP contribution in [0.4, 0.5) is 0 Å². The predicted molar refractivity (Wildman–Crippen MR) is 121 cm³/mol. The molecule has 0 aliphatic heterocycles. The second-order valence-electron chi connectivity index (χ2n) is 7.74. The normalized spacial score (nSPS) is 11.9. The summed E-state index contributed by atoms with van der Waals surface area (Å²) < 4.78 is 0. The van der Waals surface area contributed by atoms with E-state index >= 15 is 0 Å². The molecule has 2 aromatic rings. The van der Waals surface area contributed by atoms with Crippen LogP contribution in [0.2, 0.25) is 0 Å². The van der Waals surface area contributed by atoms with Crippen molar-refractivity contribution in [1.29, 1.82) is 0 Å². The van der Waals surface area contributed by atoms with Gasteiger partial charge in [0.05, 0.1) is 0 Å². The largest absolute Gasteiger partial charge is 0.354 e. The van der Waals surface area contributed by atoms with Gasteiger partial charge in [-0.05, 0) is 37.5 Å². The summed E-state index contributed by atoms with van der Waals surface area (Å²) in [5.74, 6) is 0.958. The molecule has 0 fully saturated rings. The van der Waals surface area contributed by atoms with Gasteiger partial charge in [0.1, 0.15) is 6.04 Å².